The van der Waals surface area contributed by atoms with Gasteiger partial charge in [-0.3, -0.25) is 0 Å². The summed E-state index contributed by atoms with van der Waals surface area (Å²) < 4.78 is 5.65. The molecule has 14 heavy (non-hydrogen) atoms. The van der Waals surface area contributed by atoms with Crippen LogP contribution in [0.25, 0.3) is 6.08 Å². The van der Waals surface area contributed by atoms with E-state index in [0.717, 1.165) is 0 Å². The van der Waals surface area contributed by atoms with Crippen molar-refractivity contribution in [3.8, 4) is 0 Å². The molecule has 1 aromatic carbocycles. The van der Waals surface area contributed by atoms with Crippen molar-refractivity contribution >= 4 is 14.4 Å². The van der Waals surface area contributed by atoms with Crippen LogP contribution in [0.2, 0.25) is 19.6 Å². The molecule has 0 N–H and O–H groups in total. The lowest BCUT2D eigenvalue weighted by atomic mass is 10.1. The number of benzene rings is 1. The second kappa shape index (κ2) is 4.47. The van der Waals surface area contributed by atoms with Crippen LogP contribution in [0.1, 0.15) is 11.1 Å². The Kier molecular flexibility index (Phi) is 3.53. The molecule has 2 heteroatoms. The zero-order chi connectivity index (χ0) is 10.6. The van der Waals surface area contributed by atoms with Gasteiger partial charge >= 0.3 is 0 Å². The SMILES string of the molecule is Cc1ccccc1/C=C/O[Si](C)(C)C. The Morgan fingerprint density at radius 1 is 1.14 bits per heavy atom. The normalized spacial score (nSPS) is 12.0. The molecule has 0 fully saturated rings. The molecule has 0 saturated heterocycles. The molecule has 0 amide bonds. The standard InChI is InChI=1S/C12H18OSi/c1-11-7-5-6-8-12(11)9-10-13-14(2,3)4/h5-10H,1-4H3/b10-9+. The molecule has 0 aromatic heterocycles. The Morgan fingerprint density at radius 2 is 1.79 bits per heavy atom. The molecule has 0 aliphatic rings. The first kappa shape index (κ1) is 11.1. The highest BCUT2D eigenvalue weighted by molar-refractivity contribution is 6.69. The van der Waals surface area contributed by atoms with E-state index in [1.807, 2.05) is 24.5 Å². The van der Waals surface area contributed by atoms with Crippen molar-refractivity contribution in [2.45, 2.75) is 26.6 Å². The van der Waals surface area contributed by atoms with Crippen LogP contribution >= 0.6 is 0 Å². The summed E-state index contributed by atoms with van der Waals surface area (Å²) in [7, 11) is -1.42. The quantitative estimate of drug-likeness (QED) is 0.539. The van der Waals surface area contributed by atoms with E-state index < -0.39 is 8.32 Å². The second-order valence-corrected chi connectivity index (χ2v) is 8.85. The highest BCUT2D eigenvalue weighted by Crippen LogP contribution is 2.10. The van der Waals surface area contributed by atoms with Crippen molar-refractivity contribution in [3.63, 3.8) is 0 Å². The van der Waals surface area contributed by atoms with Crippen molar-refractivity contribution in [2.75, 3.05) is 0 Å². The van der Waals surface area contributed by atoms with Gasteiger partial charge in [0.1, 0.15) is 0 Å². The molecule has 0 aliphatic heterocycles. The van der Waals surface area contributed by atoms with Crippen molar-refractivity contribution in [2.24, 2.45) is 0 Å². The summed E-state index contributed by atoms with van der Waals surface area (Å²) in [6, 6.07) is 8.29. The highest BCUT2D eigenvalue weighted by Gasteiger charge is 2.12. The molecule has 0 unspecified atom stereocenters. The van der Waals surface area contributed by atoms with E-state index in [2.05, 4.69) is 38.7 Å². The predicted molar refractivity (Wildman–Crippen MR) is 64.6 cm³/mol. The van der Waals surface area contributed by atoms with E-state index in [9.17, 15) is 0 Å². The zero-order valence-corrected chi connectivity index (χ0v) is 10.4. The molecular formula is C12H18OSi. The molecule has 0 spiro atoms. The van der Waals surface area contributed by atoms with Gasteiger partial charge in [-0.1, -0.05) is 24.3 Å². The second-order valence-electron chi connectivity index (χ2n) is 4.39. The van der Waals surface area contributed by atoms with Gasteiger partial charge in [-0.2, -0.15) is 0 Å². The maximum Gasteiger partial charge on any atom is 0.241 e. The number of hydrogen-bond acceptors (Lipinski definition) is 1. The summed E-state index contributed by atoms with van der Waals surface area (Å²) in [5.74, 6) is 0. The Morgan fingerprint density at radius 3 is 2.36 bits per heavy atom. The summed E-state index contributed by atoms with van der Waals surface area (Å²) in [6.07, 6.45) is 3.86. The third-order valence-corrected chi connectivity index (χ3v) is 2.70. The molecule has 0 saturated carbocycles. The third-order valence-electron chi connectivity index (χ3n) is 1.86. The Balaban J connectivity index is 2.65. The minimum absolute atomic E-state index is 1.23. The topological polar surface area (TPSA) is 9.23 Å². The molecule has 0 atom stereocenters. The molecule has 1 nitrogen and oxygen atoms in total. The first-order chi connectivity index (χ1) is 6.49. The maximum absolute atomic E-state index is 5.65. The number of rotatable bonds is 3. The zero-order valence-electron chi connectivity index (χ0n) is 9.37. The van der Waals surface area contributed by atoms with E-state index in [0.29, 0.717) is 0 Å². The predicted octanol–water partition coefficient (Wildman–Crippen LogP) is 3.82. The van der Waals surface area contributed by atoms with Crippen LogP contribution in [0, 0.1) is 6.92 Å². The maximum atomic E-state index is 5.65. The van der Waals surface area contributed by atoms with E-state index in [-0.39, 0.29) is 0 Å². The first-order valence-electron chi connectivity index (χ1n) is 4.89. The van der Waals surface area contributed by atoms with Gasteiger partial charge < -0.3 is 4.43 Å². The van der Waals surface area contributed by atoms with Crippen molar-refractivity contribution in [1.29, 1.82) is 0 Å². The molecular weight excluding hydrogens is 188 g/mol. The average Bonchev–Trinajstić information content (AvgIpc) is 2.06. The van der Waals surface area contributed by atoms with Crippen LogP contribution in [-0.2, 0) is 4.43 Å². The molecule has 0 radical (unpaired) electrons. The van der Waals surface area contributed by atoms with Gasteiger partial charge in [0.05, 0.1) is 6.26 Å². The van der Waals surface area contributed by atoms with E-state index in [1.165, 1.54) is 11.1 Å². The molecule has 0 heterocycles. The lowest BCUT2D eigenvalue weighted by molar-refractivity contribution is 0.483. The fourth-order valence-corrected chi connectivity index (χ4v) is 1.56. The smallest absolute Gasteiger partial charge is 0.241 e. The minimum atomic E-state index is -1.42. The summed E-state index contributed by atoms with van der Waals surface area (Å²) in [5, 5.41) is 0. The van der Waals surface area contributed by atoms with E-state index in [1.54, 1.807) is 0 Å². The van der Waals surface area contributed by atoms with Crippen LogP contribution in [0.5, 0.6) is 0 Å². The van der Waals surface area contributed by atoms with Gasteiger partial charge in [0.2, 0.25) is 8.32 Å². The Labute approximate surface area is 87.5 Å². The number of hydrogen-bond donors (Lipinski definition) is 0. The summed E-state index contributed by atoms with van der Waals surface area (Å²) in [4.78, 5) is 0. The van der Waals surface area contributed by atoms with Gasteiger partial charge in [-0.15, -0.1) is 0 Å². The van der Waals surface area contributed by atoms with E-state index >= 15 is 0 Å². The molecule has 0 aliphatic carbocycles. The largest absolute Gasteiger partial charge is 0.550 e. The molecule has 1 aromatic rings. The molecule has 76 valence electrons. The molecule has 1 rings (SSSR count). The van der Waals surface area contributed by atoms with Gasteiger partial charge in [-0.05, 0) is 43.8 Å². The first-order valence-corrected chi connectivity index (χ1v) is 8.30. The van der Waals surface area contributed by atoms with Gasteiger partial charge in [0.15, 0.2) is 0 Å². The Hall–Kier alpha value is -1.02. The third kappa shape index (κ3) is 3.79. The van der Waals surface area contributed by atoms with Crippen LogP contribution in [0.3, 0.4) is 0 Å². The van der Waals surface area contributed by atoms with Gasteiger partial charge in [-0.25, -0.2) is 0 Å². The fourth-order valence-electron chi connectivity index (χ4n) is 1.09. The van der Waals surface area contributed by atoms with Crippen LogP contribution in [0.15, 0.2) is 30.5 Å². The van der Waals surface area contributed by atoms with Crippen molar-refractivity contribution < 1.29 is 4.43 Å². The van der Waals surface area contributed by atoms with Crippen molar-refractivity contribution in [1.82, 2.24) is 0 Å². The monoisotopic (exact) mass is 206 g/mol. The lowest BCUT2D eigenvalue weighted by Gasteiger charge is -2.14. The number of aryl methyl sites for hydroxylation is 1. The summed E-state index contributed by atoms with van der Waals surface area (Å²) in [6.45, 7) is 8.63. The van der Waals surface area contributed by atoms with Crippen LogP contribution in [0.4, 0.5) is 0 Å². The fraction of sp³-hybridized carbons (Fsp3) is 0.333. The van der Waals surface area contributed by atoms with Crippen LogP contribution < -0.4 is 0 Å². The van der Waals surface area contributed by atoms with E-state index in [4.69, 9.17) is 4.43 Å². The van der Waals surface area contributed by atoms with Gasteiger partial charge in [0, 0.05) is 0 Å². The summed E-state index contributed by atoms with van der Waals surface area (Å²) in [5.41, 5.74) is 2.51. The summed E-state index contributed by atoms with van der Waals surface area (Å²) >= 11 is 0. The minimum Gasteiger partial charge on any atom is -0.550 e. The Bertz CT molecular complexity index is 323. The highest BCUT2D eigenvalue weighted by atomic mass is 28.4. The molecule has 0 bridgehead atoms. The lowest BCUT2D eigenvalue weighted by Crippen LogP contribution is -2.21. The van der Waals surface area contributed by atoms with Crippen molar-refractivity contribution in [3.05, 3.63) is 41.7 Å². The average molecular weight is 206 g/mol. The van der Waals surface area contributed by atoms with Gasteiger partial charge in [0.25, 0.3) is 0 Å². The van der Waals surface area contributed by atoms with Crippen LogP contribution in [-0.4, -0.2) is 8.32 Å².